The van der Waals surface area contributed by atoms with Crippen molar-refractivity contribution < 1.29 is 19.1 Å². The van der Waals surface area contributed by atoms with E-state index in [1.807, 2.05) is 24.3 Å². The predicted molar refractivity (Wildman–Crippen MR) is 154 cm³/mol. The molecule has 4 aliphatic rings. The van der Waals surface area contributed by atoms with Gasteiger partial charge in [-0.2, -0.15) is 0 Å². The number of ether oxygens (including phenoxy) is 1. The number of rotatable bonds is 7. The molecule has 0 aromatic heterocycles. The second kappa shape index (κ2) is 11.0. The number of carbonyl (C=O) groups excluding carboxylic acids is 3. The van der Waals surface area contributed by atoms with E-state index >= 15 is 0 Å². The summed E-state index contributed by atoms with van der Waals surface area (Å²) in [4.78, 5) is 43.3. The Hall–Kier alpha value is -2.58. The van der Waals surface area contributed by atoms with Gasteiger partial charge in [0.25, 0.3) is 0 Å². The number of carbonyl (C=O) groups is 3. The molecule has 2 aromatic rings. The van der Waals surface area contributed by atoms with Crippen LogP contribution in [0.5, 0.6) is 0 Å². The summed E-state index contributed by atoms with van der Waals surface area (Å²) in [6.45, 7) is 0.270. The highest BCUT2D eigenvalue weighted by atomic mass is 35.5. The van der Waals surface area contributed by atoms with Gasteiger partial charge in [-0.3, -0.25) is 14.4 Å². The van der Waals surface area contributed by atoms with Gasteiger partial charge in [0, 0.05) is 23.3 Å². The highest BCUT2D eigenvalue weighted by molar-refractivity contribution is 6.42. The van der Waals surface area contributed by atoms with Crippen molar-refractivity contribution in [1.82, 2.24) is 10.2 Å². The lowest BCUT2D eigenvalue weighted by molar-refractivity contribution is -0.141. The van der Waals surface area contributed by atoms with Gasteiger partial charge >= 0.3 is 0 Å². The van der Waals surface area contributed by atoms with Crippen LogP contribution in [-0.4, -0.2) is 53.0 Å². The van der Waals surface area contributed by atoms with E-state index in [0.717, 1.165) is 37.7 Å². The third-order valence-corrected chi connectivity index (χ3v) is 9.75. The van der Waals surface area contributed by atoms with Crippen molar-refractivity contribution in [2.45, 2.75) is 62.3 Å². The van der Waals surface area contributed by atoms with Crippen LogP contribution < -0.4 is 10.6 Å². The average Bonchev–Trinajstić information content (AvgIpc) is 3.58. The van der Waals surface area contributed by atoms with E-state index in [4.69, 9.17) is 39.5 Å². The van der Waals surface area contributed by atoms with E-state index in [2.05, 4.69) is 10.6 Å². The Morgan fingerprint density at radius 2 is 1.75 bits per heavy atom. The molecule has 2 bridgehead atoms. The molecule has 1 saturated carbocycles. The monoisotopic (exact) mass is 601 g/mol. The Morgan fingerprint density at radius 1 is 0.975 bits per heavy atom. The normalized spacial score (nSPS) is 29.1. The van der Waals surface area contributed by atoms with Crippen LogP contribution in [0.4, 0.5) is 5.69 Å². The molecular weight excluding hydrogens is 573 g/mol. The summed E-state index contributed by atoms with van der Waals surface area (Å²) in [5.41, 5.74) is 0.126. The summed E-state index contributed by atoms with van der Waals surface area (Å²) in [6.07, 6.45) is 8.59. The number of halogens is 3. The van der Waals surface area contributed by atoms with Crippen molar-refractivity contribution in [3.63, 3.8) is 0 Å². The lowest BCUT2D eigenvalue weighted by Crippen LogP contribution is -2.56. The Bertz CT molecular complexity index is 1380. The molecule has 3 heterocycles. The molecule has 3 amide bonds. The van der Waals surface area contributed by atoms with E-state index in [1.165, 1.54) is 0 Å². The number of nitrogens with one attached hydrogen (secondary N) is 2. The van der Waals surface area contributed by atoms with Gasteiger partial charge in [-0.05, 0) is 49.1 Å². The molecule has 1 aliphatic carbocycles. The zero-order chi connectivity index (χ0) is 28.0. The van der Waals surface area contributed by atoms with Crippen molar-refractivity contribution in [3.8, 4) is 0 Å². The van der Waals surface area contributed by atoms with Gasteiger partial charge in [-0.15, -0.1) is 0 Å². The summed E-state index contributed by atoms with van der Waals surface area (Å²) in [5.74, 6) is -2.51. The molecule has 1 spiro atoms. The molecule has 0 unspecified atom stereocenters. The molecule has 3 fully saturated rings. The number of anilines is 1. The van der Waals surface area contributed by atoms with Gasteiger partial charge in [0.05, 0.1) is 28.0 Å². The highest BCUT2D eigenvalue weighted by Crippen LogP contribution is 2.55. The van der Waals surface area contributed by atoms with Crippen LogP contribution in [0.2, 0.25) is 15.1 Å². The molecule has 210 valence electrons. The number of hydrogen-bond donors (Lipinski definition) is 2. The van der Waals surface area contributed by atoms with Crippen LogP contribution in [0, 0.1) is 11.8 Å². The number of likely N-dealkylation sites (tertiary alicyclic amines) is 1. The van der Waals surface area contributed by atoms with Gasteiger partial charge in [-0.1, -0.05) is 84.4 Å². The largest absolute Gasteiger partial charge is 0.359 e. The molecule has 2 N–H and O–H groups in total. The van der Waals surface area contributed by atoms with Crippen LogP contribution in [0.3, 0.4) is 0 Å². The predicted octanol–water partition coefficient (Wildman–Crippen LogP) is 5.43. The second-order valence-corrected chi connectivity index (χ2v) is 12.3. The molecule has 3 aliphatic heterocycles. The van der Waals surface area contributed by atoms with Crippen molar-refractivity contribution in [1.29, 1.82) is 0 Å². The number of nitrogens with zero attached hydrogens (tertiary/aromatic N) is 1. The van der Waals surface area contributed by atoms with Crippen molar-refractivity contribution >= 4 is 58.2 Å². The van der Waals surface area contributed by atoms with Gasteiger partial charge in [0.15, 0.2) is 0 Å². The van der Waals surface area contributed by atoms with Crippen LogP contribution in [0.1, 0.15) is 37.7 Å². The number of amides is 3. The minimum atomic E-state index is -1.22. The Kier molecular flexibility index (Phi) is 7.59. The van der Waals surface area contributed by atoms with Crippen LogP contribution in [-0.2, 0) is 25.5 Å². The summed E-state index contributed by atoms with van der Waals surface area (Å²) < 4.78 is 6.43. The van der Waals surface area contributed by atoms with Gasteiger partial charge < -0.3 is 20.3 Å². The first-order valence-corrected chi connectivity index (χ1v) is 14.9. The minimum absolute atomic E-state index is 0.0635. The fourth-order valence-corrected chi connectivity index (χ4v) is 7.30. The maximum absolute atomic E-state index is 14.1. The van der Waals surface area contributed by atoms with E-state index in [1.54, 1.807) is 35.2 Å². The zero-order valence-corrected chi connectivity index (χ0v) is 24.0. The summed E-state index contributed by atoms with van der Waals surface area (Å²) >= 11 is 18.6. The third kappa shape index (κ3) is 4.81. The fourth-order valence-electron chi connectivity index (χ4n) is 6.78. The third-order valence-electron chi connectivity index (χ3n) is 8.64. The molecule has 6 rings (SSSR count). The molecule has 2 aromatic carbocycles. The summed E-state index contributed by atoms with van der Waals surface area (Å²) in [6, 6.07) is 11.4. The number of benzene rings is 2. The Morgan fingerprint density at radius 3 is 2.50 bits per heavy atom. The van der Waals surface area contributed by atoms with Crippen molar-refractivity contribution in [3.05, 3.63) is 75.2 Å². The molecule has 40 heavy (non-hydrogen) atoms. The van der Waals surface area contributed by atoms with Crippen LogP contribution >= 0.6 is 34.8 Å². The lowest BCUT2D eigenvalue weighted by Gasteiger charge is -2.34. The van der Waals surface area contributed by atoms with Crippen molar-refractivity contribution in [2.75, 3.05) is 11.9 Å². The van der Waals surface area contributed by atoms with E-state index < -0.39 is 29.6 Å². The maximum atomic E-state index is 14.1. The van der Waals surface area contributed by atoms with E-state index in [9.17, 15) is 14.4 Å². The molecule has 5 atom stereocenters. The van der Waals surface area contributed by atoms with E-state index in [0.29, 0.717) is 27.2 Å². The van der Waals surface area contributed by atoms with E-state index in [-0.39, 0.29) is 30.3 Å². The SMILES string of the molecule is O=C(Nc1ccc(Cl)c(Cl)c1)[C@H]1[C@@H]2C=C[C@]3(O2)[C@@H]1C(=O)N(CCc1ccccc1Cl)[C@H]3C(=O)NC1CCCCC1. The molecule has 10 heteroatoms. The molecule has 7 nitrogen and oxygen atoms in total. The first-order valence-electron chi connectivity index (χ1n) is 13.8. The summed E-state index contributed by atoms with van der Waals surface area (Å²) in [5, 5.41) is 7.36. The molecular formula is C30H30Cl3N3O4. The van der Waals surface area contributed by atoms with Gasteiger partial charge in [0.1, 0.15) is 11.6 Å². The average molecular weight is 603 g/mol. The molecule has 2 saturated heterocycles. The zero-order valence-electron chi connectivity index (χ0n) is 21.7. The maximum Gasteiger partial charge on any atom is 0.246 e. The topological polar surface area (TPSA) is 87.7 Å². The quantitative estimate of drug-likeness (QED) is 0.414. The van der Waals surface area contributed by atoms with Crippen LogP contribution in [0.25, 0.3) is 0 Å². The van der Waals surface area contributed by atoms with Gasteiger partial charge in [0.2, 0.25) is 17.7 Å². The molecule has 0 radical (unpaired) electrons. The summed E-state index contributed by atoms with van der Waals surface area (Å²) in [7, 11) is 0. The second-order valence-electron chi connectivity index (χ2n) is 11.0. The first-order chi connectivity index (χ1) is 19.3. The smallest absolute Gasteiger partial charge is 0.246 e. The highest BCUT2D eigenvalue weighted by Gasteiger charge is 2.72. The van der Waals surface area contributed by atoms with Gasteiger partial charge in [-0.25, -0.2) is 0 Å². The number of fused-ring (bicyclic) bond motifs is 1. The first kappa shape index (κ1) is 27.6. The minimum Gasteiger partial charge on any atom is -0.359 e. The Balaban J connectivity index is 1.30. The Labute approximate surface area is 248 Å². The fraction of sp³-hybridized carbons (Fsp3) is 0.433. The van der Waals surface area contributed by atoms with Crippen molar-refractivity contribution in [2.24, 2.45) is 11.8 Å². The van der Waals surface area contributed by atoms with Crippen LogP contribution in [0.15, 0.2) is 54.6 Å². The standard InChI is InChI=1S/C30H30Cl3N3O4/c31-20-9-5-4-6-17(20)13-15-36-26(28(38)34-18-7-2-1-3-8-18)30-14-12-23(40-30)24(25(30)29(36)39)27(37)35-19-10-11-21(32)22(33)16-19/h4-6,9-12,14,16,18,23-26H,1-3,7-8,13,15H2,(H,34,38)(H,35,37)/t23-,24-,25-,26-,30-/m0/s1. The lowest BCUT2D eigenvalue weighted by atomic mass is 9.74. The number of hydrogen-bond acceptors (Lipinski definition) is 4.